The Morgan fingerprint density at radius 2 is 2.04 bits per heavy atom. The van der Waals surface area contributed by atoms with Crippen molar-refractivity contribution in [2.75, 3.05) is 5.32 Å². The summed E-state index contributed by atoms with van der Waals surface area (Å²) in [6.45, 7) is 6.89. The van der Waals surface area contributed by atoms with Crippen LogP contribution in [0, 0.1) is 6.92 Å². The topological polar surface area (TPSA) is 46.9 Å². The van der Waals surface area contributed by atoms with E-state index in [1.807, 2.05) is 18.4 Å². The van der Waals surface area contributed by atoms with Gasteiger partial charge < -0.3 is 9.88 Å². The average molecular weight is 342 g/mol. The summed E-state index contributed by atoms with van der Waals surface area (Å²) in [5, 5.41) is 4.33. The molecule has 0 unspecified atom stereocenters. The van der Waals surface area contributed by atoms with Gasteiger partial charge in [-0.1, -0.05) is 30.7 Å². The zero-order valence-corrected chi connectivity index (χ0v) is 14.8. The molecule has 0 bridgehead atoms. The fourth-order valence-corrected chi connectivity index (χ4v) is 3.23. The van der Waals surface area contributed by atoms with Gasteiger partial charge >= 0.3 is 0 Å². The van der Waals surface area contributed by atoms with Crippen LogP contribution in [0.1, 0.15) is 35.5 Å². The van der Waals surface area contributed by atoms with Gasteiger partial charge in [-0.15, -0.1) is 0 Å². The highest BCUT2D eigenvalue weighted by Gasteiger charge is 2.20. The Hall–Kier alpha value is -2.33. The summed E-state index contributed by atoms with van der Waals surface area (Å²) in [7, 11) is 0. The van der Waals surface area contributed by atoms with Crippen molar-refractivity contribution in [2.24, 2.45) is 0 Å². The summed E-state index contributed by atoms with van der Waals surface area (Å²) < 4.78 is 2.05. The number of hydrogen-bond acceptors (Lipinski definition) is 2. The number of halogens is 1. The van der Waals surface area contributed by atoms with Gasteiger partial charge in [0.25, 0.3) is 5.91 Å². The fourth-order valence-electron chi connectivity index (χ4n) is 3.06. The van der Waals surface area contributed by atoms with Crippen molar-refractivity contribution in [2.45, 2.75) is 33.7 Å². The molecule has 3 aromatic rings. The van der Waals surface area contributed by atoms with E-state index >= 15 is 0 Å². The van der Waals surface area contributed by atoms with Crippen molar-refractivity contribution in [3.8, 4) is 0 Å². The second kappa shape index (κ2) is 6.65. The van der Waals surface area contributed by atoms with Crippen LogP contribution < -0.4 is 5.32 Å². The number of aryl methyl sites for hydroxylation is 3. The molecule has 1 N–H and O–H groups in total. The van der Waals surface area contributed by atoms with E-state index in [9.17, 15) is 4.79 Å². The normalized spacial score (nSPS) is 11.0. The second-order valence-electron chi connectivity index (χ2n) is 5.72. The average Bonchev–Trinajstić information content (AvgIpc) is 2.86. The molecule has 0 saturated heterocycles. The molecule has 0 fully saturated rings. The zero-order chi connectivity index (χ0) is 17.3. The first-order chi connectivity index (χ1) is 11.5. The Bertz CT molecular complexity index is 914. The van der Waals surface area contributed by atoms with Crippen LogP contribution >= 0.6 is 11.6 Å². The molecule has 4 nitrogen and oxygen atoms in total. The standard InChI is InChI=1S/C19H20ClN3O/c1-4-13-9-10-15-14(11-13)12(3)18(23(15)5-2)19(24)22-17-8-6-7-16(20)21-17/h6-11H,4-5H2,1-3H3,(H,21,22,24). The number of rotatable bonds is 4. The van der Waals surface area contributed by atoms with Crippen molar-refractivity contribution in [3.63, 3.8) is 0 Å². The minimum atomic E-state index is -0.168. The van der Waals surface area contributed by atoms with Gasteiger partial charge in [0, 0.05) is 17.4 Å². The van der Waals surface area contributed by atoms with E-state index in [-0.39, 0.29) is 5.91 Å². The number of nitrogens with zero attached hydrogens (tertiary/aromatic N) is 2. The third kappa shape index (κ3) is 2.89. The Morgan fingerprint density at radius 1 is 1.25 bits per heavy atom. The number of fused-ring (bicyclic) bond motifs is 1. The van der Waals surface area contributed by atoms with Gasteiger partial charge in [0.15, 0.2) is 0 Å². The van der Waals surface area contributed by atoms with Crippen molar-refractivity contribution in [3.05, 3.63) is 58.4 Å². The van der Waals surface area contributed by atoms with Gasteiger partial charge in [-0.3, -0.25) is 4.79 Å². The smallest absolute Gasteiger partial charge is 0.273 e. The van der Waals surface area contributed by atoms with E-state index in [1.54, 1.807) is 18.2 Å². The van der Waals surface area contributed by atoms with Gasteiger partial charge in [-0.05, 0) is 55.7 Å². The molecule has 0 atom stereocenters. The summed E-state index contributed by atoms with van der Waals surface area (Å²) in [5.41, 5.74) is 4.00. The highest BCUT2D eigenvalue weighted by molar-refractivity contribution is 6.29. The third-order valence-electron chi connectivity index (χ3n) is 4.28. The molecule has 1 amide bonds. The molecular weight excluding hydrogens is 322 g/mol. The van der Waals surface area contributed by atoms with Gasteiger partial charge in [-0.2, -0.15) is 0 Å². The minimum absolute atomic E-state index is 0.168. The lowest BCUT2D eigenvalue weighted by Crippen LogP contribution is -2.18. The molecular formula is C19H20ClN3O. The molecule has 0 saturated carbocycles. The van der Waals surface area contributed by atoms with E-state index in [1.165, 1.54) is 5.56 Å². The first kappa shape index (κ1) is 16.5. The van der Waals surface area contributed by atoms with Crippen molar-refractivity contribution >= 4 is 34.2 Å². The molecule has 2 aromatic heterocycles. The molecule has 2 heterocycles. The molecule has 0 radical (unpaired) electrons. The summed E-state index contributed by atoms with van der Waals surface area (Å²) in [4.78, 5) is 17.0. The van der Waals surface area contributed by atoms with Crippen LogP contribution in [0.5, 0.6) is 0 Å². The highest BCUT2D eigenvalue weighted by atomic mass is 35.5. The van der Waals surface area contributed by atoms with Gasteiger partial charge in [-0.25, -0.2) is 4.98 Å². The SMILES string of the molecule is CCc1ccc2c(c1)c(C)c(C(=O)Nc1cccc(Cl)n1)n2CC. The summed E-state index contributed by atoms with van der Waals surface area (Å²) >= 11 is 5.89. The van der Waals surface area contributed by atoms with Crippen LogP contribution in [0.2, 0.25) is 5.15 Å². The van der Waals surface area contributed by atoms with Crippen molar-refractivity contribution < 1.29 is 4.79 Å². The third-order valence-corrected chi connectivity index (χ3v) is 4.49. The Kier molecular flexibility index (Phi) is 4.58. The first-order valence-electron chi connectivity index (χ1n) is 8.10. The Labute approximate surface area is 146 Å². The van der Waals surface area contributed by atoms with Gasteiger partial charge in [0.1, 0.15) is 16.7 Å². The number of amides is 1. The molecule has 3 rings (SSSR count). The predicted molar refractivity (Wildman–Crippen MR) is 98.9 cm³/mol. The number of carbonyl (C=O) groups is 1. The first-order valence-corrected chi connectivity index (χ1v) is 8.48. The highest BCUT2D eigenvalue weighted by Crippen LogP contribution is 2.27. The van der Waals surface area contributed by atoms with Crippen LogP contribution in [0.4, 0.5) is 5.82 Å². The monoisotopic (exact) mass is 341 g/mol. The lowest BCUT2D eigenvalue weighted by Gasteiger charge is -2.09. The number of carbonyl (C=O) groups excluding carboxylic acids is 1. The Morgan fingerprint density at radius 3 is 2.71 bits per heavy atom. The molecule has 24 heavy (non-hydrogen) atoms. The van der Waals surface area contributed by atoms with Gasteiger partial charge in [0.2, 0.25) is 0 Å². The van der Waals surface area contributed by atoms with Crippen LogP contribution in [0.15, 0.2) is 36.4 Å². The zero-order valence-electron chi connectivity index (χ0n) is 14.1. The molecule has 1 aromatic carbocycles. The molecule has 5 heteroatoms. The summed E-state index contributed by atoms with van der Waals surface area (Å²) in [5.74, 6) is 0.285. The lowest BCUT2D eigenvalue weighted by atomic mass is 10.1. The number of benzene rings is 1. The van der Waals surface area contributed by atoms with E-state index < -0.39 is 0 Å². The van der Waals surface area contributed by atoms with Crippen LogP contribution in [-0.4, -0.2) is 15.5 Å². The number of nitrogens with one attached hydrogen (secondary N) is 1. The van der Waals surface area contributed by atoms with Crippen molar-refractivity contribution in [1.82, 2.24) is 9.55 Å². The summed E-state index contributed by atoms with van der Waals surface area (Å²) in [6.07, 6.45) is 0.973. The second-order valence-corrected chi connectivity index (χ2v) is 6.11. The maximum Gasteiger partial charge on any atom is 0.273 e. The molecule has 0 aliphatic heterocycles. The van der Waals surface area contributed by atoms with E-state index in [4.69, 9.17) is 11.6 Å². The number of aromatic nitrogens is 2. The maximum atomic E-state index is 12.8. The maximum absolute atomic E-state index is 12.8. The molecule has 0 aliphatic carbocycles. The molecule has 0 spiro atoms. The molecule has 124 valence electrons. The van der Waals surface area contributed by atoms with Crippen LogP contribution in [-0.2, 0) is 13.0 Å². The number of pyridine rings is 1. The predicted octanol–water partition coefficient (Wildman–Crippen LogP) is 4.83. The lowest BCUT2D eigenvalue weighted by molar-refractivity contribution is 0.101. The van der Waals surface area contributed by atoms with Crippen molar-refractivity contribution in [1.29, 1.82) is 0 Å². The molecule has 0 aliphatic rings. The fraction of sp³-hybridized carbons (Fsp3) is 0.263. The Balaban J connectivity index is 2.07. The minimum Gasteiger partial charge on any atom is -0.337 e. The largest absolute Gasteiger partial charge is 0.337 e. The number of anilines is 1. The van der Waals surface area contributed by atoms with E-state index in [2.05, 4.69) is 35.4 Å². The van der Waals surface area contributed by atoms with E-state index in [0.29, 0.717) is 16.7 Å². The van der Waals surface area contributed by atoms with Crippen LogP contribution in [0.25, 0.3) is 10.9 Å². The van der Waals surface area contributed by atoms with Crippen LogP contribution in [0.3, 0.4) is 0 Å². The summed E-state index contributed by atoms with van der Waals surface area (Å²) in [6, 6.07) is 11.6. The number of hydrogen-bond donors (Lipinski definition) is 1. The van der Waals surface area contributed by atoms with E-state index in [0.717, 1.165) is 29.4 Å². The quantitative estimate of drug-likeness (QED) is 0.691. The van der Waals surface area contributed by atoms with Gasteiger partial charge in [0.05, 0.1) is 0 Å².